The molecule has 0 unspecified atom stereocenters. The Labute approximate surface area is 110 Å². The largest absolute Gasteiger partial charge is 0.416 e. The van der Waals surface area contributed by atoms with E-state index in [1.54, 1.807) is 6.07 Å². The zero-order chi connectivity index (χ0) is 13.9. The molecule has 0 fully saturated rings. The summed E-state index contributed by atoms with van der Waals surface area (Å²) in [5.74, 6) is 0. The maximum atomic E-state index is 12.6. The molecule has 0 amide bonds. The third-order valence-electron chi connectivity index (χ3n) is 2.88. The highest BCUT2D eigenvalue weighted by Gasteiger charge is 2.30. The summed E-state index contributed by atoms with van der Waals surface area (Å²) in [6, 6.07) is 13.1. The molecule has 0 heterocycles. The third kappa shape index (κ3) is 3.50. The molecule has 4 heteroatoms. The molecular weight excluding hydrogens is 251 g/mol. The van der Waals surface area contributed by atoms with Gasteiger partial charge >= 0.3 is 6.18 Å². The number of alkyl halides is 3. The molecule has 1 N–H and O–H groups in total. The number of benzene rings is 2. The molecule has 1 nitrogen and oxygen atoms in total. The van der Waals surface area contributed by atoms with Gasteiger partial charge in [-0.15, -0.1) is 0 Å². The molecule has 0 radical (unpaired) electrons. The summed E-state index contributed by atoms with van der Waals surface area (Å²) < 4.78 is 37.8. The van der Waals surface area contributed by atoms with Gasteiger partial charge in [0.2, 0.25) is 0 Å². The lowest BCUT2D eigenvalue weighted by molar-refractivity contribution is -0.137. The second-order valence-electron chi connectivity index (χ2n) is 4.33. The van der Waals surface area contributed by atoms with Gasteiger partial charge < -0.3 is 5.32 Å². The van der Waals surface area contributed by atoms with E-state index in [-0.39, 0.29) is 0 Å². The first-order valence-electron chi connectivity index (χ1n) is 5.92. The average molecular weight is 265 g/mol. The summed E-state index contributed by atoms with van der Waals surface area (Å²) in [7, 11) is 1.81. The van der Waals surface area contributed by atoms with Crippen molar-refractivity contribution < 1.29 is 13.2 Å². The minimum Gasteiger partial charge on any atom is -0.388 e. The van der Waals surface area contributed by atoms with Crippen LogP contribution < -0.4 is 5.32 Å². The first kappa shape index (κ1) is 13.5. The van der Waals surface area contributed by atoms with Crippen molar-refractivity contribution in [2.75, 3.05) is 12.4 Å². The van der Waals surface area contributed by atoms with Crippen LogP contribution in [0.2, 0.25) is 0 Å². The summed E-state index contributed by atoms with van der Waals surface area (Å²) in [5.41, 5.74) is 1.98. The number of anilines is 1. The zero-order valence-electron chi connectivity index (χ0n) is 10.5. The van der Waals surface area contributed by atoms with Crippen LogP contribution in [0.5, 0.6) is 0 Å². The fourth-order valence-corrected chi connectivity index (χ4v) is 1.93. The SMILES string of the molecule is CNc1cccc(Cc2cccc(C(F)(F)F)c2)c1. The van der Waals surface area contributed by atoms with Gasteiger partial charge in [0.25, 0.3) is 0 Å². The van der Waals surface area contributed by atoms with E-state index in [4.69, 9.17) is 0 Å². The van der Waals surface area contributed by atoms with Gasteiger partial charge in [-0.2, -0.15) is 13.2 Å². The summed E-state index contributed by atoms with van der Waals surface area (Å²) in [5, 5.41) is 3.01. The Morgan fingerprint density at radius 1 is 0.947 bits per heavy atom. The Morgan fingerprint density at radius 3 is 2.21 bits per heavy atom. The molecule has 2 aromatic rings. The molecule has 0 saturated carbocycles. The Morgan fingerprint density at radius 2 is 1.58 bits per heavy atom. The van der Waals surface area contributed by atoms with Crippen LogP contribution in [0.1, 0.15) is 16.7 Å². The maximum Gasteiger partial charge on any atom is 0.416 e. The van der Waals surface area contributed by atoms with Crippen LogP contribution >= 0.6 is 0 Å². The van der Waals surface area contributed by atoms with E-state index in [2.05, 4.69) is 5.32 Å². The predicted molar refractivity (Wildman–Crippen MR) is 70.2 cm³/mol. The molecule has 0 aliphatic carbocycles. The molecule has 2 aromatic carbocycles. The quantitative estimate of drug-likeness (QED) is 0.870. The van der Waals surface area contributed by atoms with Gasteiger partial charge in [0.05, 0.1) is 5.56 Å². The molecule has 0 spiro atoms. The lowest BCUT2D eigenvalue weighted by Crippen LogP contribution is -2.05. The highest BCUT2D eigenvalue weighted by molar-refractivity contribution is 5.46. The molecule has 0 bridgehead atoms. The van der Waals surface area contributed by atoms with E-state index in [0.717, 1.165) is 17.3 Å². The van der Waals surface area contributed by atoms with Crippen LogP contribution in [0.3, 0.4) is 0 Å². The van der Waals surface area contributed by atoms with Crippen molar-refractivity contribution in [3.05, 3.63) is 65.2 Å². The van der Waals surface area contributed by atoms with Gasteiger partial charge in [0.1, 0.15) is 0 Å². The van der Waals surface area contributed by atoms with Gasteiger partial charge in [0.15, 0.2) is 0 Å². The van der Waals surface area contributed by atoms with Gasteiger partial charge in [-0.25, -0.2) is 0 Å². The maximum absolute atomic E-state index is 12.6. The minimum atomic E-state index is -4.29. The van der Waals surface area contributed by atoms with Gasteiger partial charge in [0, 0.05) is 12.7 Å². The van der Waals surface area contributed by atoms with E-state index in [1.807, 2.05) is 31.3 Å². The average Bonchev–Trinajstić information content (AvgIpc) is 2.38. The van der Waals surface area contributed by atoms with E-state index >= 15 is 0 Å². The van der Waals surface area contributed by atoms with Crippen LogP contribution in [0, 0.1) is 0 Å². The smallest absolute Gasteiger partial charge is 0.388 e. The summed E-state index contributed by atoms with van der Waals surface area (Å²) in [6.45, 7) is 0. The second-order valence-corrected chi connectivity index (χ2v) is 4.33. The van der Waals surface area contributed by atoms with Gasteiger partial charge in [-0.3, -0.25) is 0 Å². The standard InChI is InChI=1S/C15H14F3N/c1-19-14-7-3-5-12(10-14)8-11-4-2-6-13(9-11)15(16,17)18/h2-7,9-10,19H,8H2,1H3. The molecule has 0 saturated heterocycles. The monoisotopic (exact) mass is 265 g/mol. The van der Waals surface area contributed by atoms with Gasteiger partial charge in [-0.05, 0) is 35.7 Å². The molecular formula is C15H14F3N. The number of rotatable bonds is 3. The van der Waals surface area contributed by atoms with Crippen molar-refractivity contribution in [3.8, 4) is 0 Å². The topological polar surface area (TPSA) is 12.0 Å². The zero-order valence-corrected chi connectivity index (χ0v) is 10.5. The van der Waals surface area contributed by atoms with Crippen LogP contribution in [-0.4, -0.2) is 7.05 Å². The van der Waals surface area contributed by atoms with Crippen molar-refractivity contribution in [2.24, 2.45) is 0 Å². The van der Waals surface area contributed by atoms with E-state index in [9.17, 15) is 13.2 Å². The Kier molecular flexibility index (Phi) is 3.79. The number of hydrogen-bond donors (Lipinski definition) is 1. The predicted octanol–water partition coefficient (Wildman–Crippen LogP) is 4.34. The van der Waals surface area contributed by atoms with Crippen LogP contribution in [0.4, 0.5) is 18.9 Å². The molecule has 0 aliphatic heterocycles. The van der Waals surface area contributed by atoms with Crippen molar-refractivity contribution in [1.29, 1.82) is 0 Å². The van der Waals surface area contributed by atoms with Crippen molar-refractivity contribution in [2.45, 2.75) is 12.6 Å². The second kappa shape index (κ2) is 5.34. The highest BCUT2D eigenvalue weighted by atomic mass is 19.4. The molecule has 0 aromatic heterocycles. The molecule has 2 rings (SSSR count). The Bertz CT molecular complexity index is 561. The van der Waals surface area contributed by atoms with E-state index in [1.165, 1.54) is 12.1 Å². The highest BCUT2D eigenvalue weighted by Crippen LogP contribution is 2.30. The van der Waals surface area contributed by atoms with Crippen molar-refractivity contribution >= 4 is 5.69 Å². The summed E-state index contributed by atoms with van der Waals surface area (Å²) in [4.78, 5) is 0. The normalized spacial score (nSPS) is 11.4. The lowest BCUT2D eigenvalue weighted by Gasteiger charge is -2.09. The number of hydrogen-bond acceptors (Lipinski definition) is 1. The van der Waals surface area contributed by atoms with Crippen LogP contribution in [-0.2, 0) is 12.6 Å². The Hall–Kier alpha value is -1.97. The van der Waals surface area contributed by atoms with Crippen LogP contribution in [0.25, 0.3) is 0 Å². The molecule has 0 atom stereocenters. The summed E-state index contributed by atoms with van der Waals surface area (Å²) >= 11 is 0. The molecule has 19 heavy (non-hydrogen) atoms. The number of halogens is 3. The van der Waals surface area contributed by atoms with E-state index < -0.39 is 11.7 Å². The Balaban J connectivity index is 2.23. The molecule has 100 valence electrons. The lowest BCUT2D eigenvalue weighted by atomic mass is 10.0. The first-order chi connectivity index (χ1) is 8.99. The van der Waals surface area contributed by atoms with Gasteiger partial charge in [-0.1, -0.05) is 30.3 Å². The van der Waals surface area contributed by atoms with E-state index in [0.29, 0.717) is 12.0 Å². The van der Waals surface area contributed by atoms with Crippen molar-refractivity contribution in [1.82, 2.24) is 0 Å². The first-order valence-corrected chi connectivity index (χ1v) is 5.92. The molecule has 0 aliphatic rings. The fourth-order valence-electron chi connectivity index (χ4n) is 1.93. The minimum absolute atomic E-state index is 0.486. The van der Waals surface area contributed by atoms with Crippen molar-refractivity contribution in [3.63, 3.8) is 0 Å². The van der Waals surface area contributed by atoms with Crippen LogP contribution in [0.15, 0.2) is 48.5 Å². The fraction of sp³-hybridized carbons (Fsp3) is 0.200. The third-order valence-corrected chi connectivity index (χ3v) is 2.88. The number of nitrogens with one attached hydrogen (secondary N) is 1. The summed E-state index contributed by atoms with van der Waals surface area (Å²) in [6.07, 6.45) is -3.80.